The van der Waals surface area contributed by atoms with Gasteiger partial charge in [-0.3, -0.25) is 14.4 Å². The van der Waals surface area contributed by atoms with Crippen LogP contribution in [0.25, 0.3) is 0 Å². The van der Waals surface area contributed by atoms with Crippen LogP contribution in [0.1, 0.15) is 72.6 Å². The lowest BCUT2D eigenvalue weighted by Crippen LogP contribution is -2.54. The van der Waals surface area contributed by atoms with Crippen LogP contribution < -0.4 is 10.6 Å². The fraction of sp³-hybridized carbons (Fsp3) is 0.842. The van der Waals surface area contributed by atoms with Crippen molar-refractivity contribution >= 4 is 30.2 Å². The summed E-state index contributed by atoms with van der Waals surface area (Å²) in [6, 6.07) is -0.626. The maximum atomic E-state index is 12.7. The molecule has 0 heterocycles. The van der Waals surface area contributed by atoms with E-state index < -0.39 is 17.4 Å². The van der Waals surface area contributed by atoms with Gasteiger partial charge in [-0.15, -0.1) is 0 Å². The van der Waals surface area contributed by atoms with E-state index >= 15 is 0 Å². The van der Waals surface area contributed by atoms with Gasteiger partial charge in [-0.05, 0) is 11.8 Å². The Morgan fingerprint density at radius 3 is 2.08 bits per heavy atom. The van der Waals surface area contributed by atoms with Crippen molar-refractivity contribution in [3.8, 4) is 0 Å². The lowest BCUT2D eigenvalue weighted by atomic mass is 9.85. The van der Waals surface area contributed by atoms with Crippen LogP contribution >= 0.6 is 12.6 Å². The largest absolute Gasteiger partial charge is 0.357 e. The molecule has 0 aromatic heterocycles. The average molecular weight is 373 g/mol. The summed E-state index contributed by atoms with van der Waals surface area (Å²) in [5.41, 5.74) is -0.408. The summed E-state index contributed by atoms with van der Waals surface area (Å²) in [6.07, 6.45) is 6.33. The maximum absolute atomic E-state index is 12.7. The molecule has 0 bridgehead atoms. The number of nitrogens with one attached hydrogen (secondary N) is 2. The predicted molar refractivity (Wildman–Crippen MR) is 106 cm³/mol. The topological polar surface area (TPSA) is 75.3 Å². The van der Waals surface area contributed by atoms with Gasteiger partial charge in [0.15, 0.2) is 0 Å². The molecule has 6 heteroatoms. The highest BCUT2D eigenvalue weighted by molar-refractivity contribution is 7.81. The first kappa shape index (κ1) is 24.0. The summed E-state index contributed by atoms with van der Waals surface area (Å²) in [6.45, 7) is 7.89. The zero-order chi connectivity index (χ0) is 19.5. The molecular weight excluding hydrogens is 336 g/mol. The Balaban J connectivity index is 4.92. The van der Waals surface area contributed by atoms with Gasteiger partial charge >= 0.3 is 0 Å². The first-order chi connectivity index (χ1) is 11.7. The number of thiol groups is 1. The van der Waals surface area contributed by atoms with Crippen LogP contribution in [0.4, 0.5) is 0 Å². The number of hydrogen-bond acceptors (Lipinski definition) is 4. The van der Waals surface area contributed by atoms with E-state index in [9.17, 15) is 14.4 Å². The Labute approximate surface area is 158 Å². The summed E-state index contributed by atoms with van der Waals surface area (Å²) in [5.74, 6) is -0.727. The van der Waals surface area contributed by atoms with Gasteiger partial charge in [0.1, 0.15) is 11.8 Å². The number of unbranched alkanes of at least 4 members (excludes halogenated alkanes) is 4. The molecule has 0 aliphatic rings. The van der Waals surface area contributed by atoms with Gasteiger partial charge < -0.3 is 10.6 Å². The summed E-state index contributed by atoms with van der Waals surface area (Å²) in [4.78, 5) is 36.6. The molecule has 2 atom stereocenters. The van der Waals surface area contributed by atoms with Gasteiger partial charge in [0.05, 0.1) is 0 Å². The Morgan fingerprint density at radius 2 is 1.60 bits per heavy atom. The van der Waals surface area contributed by atoms with Crippen LogP contribution in [0.5, 0.6) is 0 Å². The minimum absolute atomic E-state index is 0.0377. The van der Waals surface area contributed by atoms with E-state index in [1.54, 1.807) is 7.05 Å². The zero-order valence-electron chi connectivity index (χ0n) is 16.5. The van der Waals surface area contributed by atoms with Gasteiger partial charge in [0, 0.05) is 25.1 Å². The third kappa shape index (κ3) is 9.88. The first-order valence-electron chi connectivity index (χ1n) is 9.31. The molecule has 25 heavy (non-hydrogen) atoms. The SMILES string of the molecule is CCCCCCCC(CC(=O)CS)C(=O)NC(C(=O)NC)C(C)(C)C. The monoisotopic (exact) mass is 372 g/mol. The van der Waals surface area contributed by atoms with Crippen molar-refractivity contribution in [2.75, 3.05) is 12.8 Å². The van der Waals surface area contributed by atoms with E-state index in [2.05, 4.69) is 30.2 Å². The summed E-state index contributed by atoms with van der Waals surface area (Å²) >= 11 is 4.01. The molecule has 0 aromatic carbocycles. The molecule has 0 saturated carbocycles. The van der Waals surface area contributed by atoms with E-state index in [1.165, 1.54) is 12.8 Å². The van der Waals surface area contributed by atoms with Gasteiger partial charge in [0.2, 0.25) is 11.8 Å². The number of carbonyl (C=O) groups is 3. The van der Waals surface area contributed by atoms with Crippen molar-refractivity contribution < 1.29 is 14.4 Å². The average Bonchev–Trinajstić information content (AvgIpc) is 2.56. The van der Waals surface area contributed by atoms with Crippen LogP contribution in [-0.2, 0) is 14.4 Å². The number of amides is 2. The molecule has 0 aliphatic heterocycles. The highest BCUT2D eigenvalue weighted by Crippen LogP contribution is 2.22. The number of ketones is 1. The van der Waals surface area contributed by atoms with Crippen LogP contribution in [0.15, 0.2) is 0 Å². The van der Waals surface area contributed by atoms with E-state index in [-0.39, 0.29) is 29.8 Å². The third-order valence-corrected chi connectivity index (χ3v) is 4.69. The maximum Gasteiger partial charge on any atom is 0.242 e. The third-order valence-electron chi connectivity index (χ3n) is 4.34. The van der Waals surface area contributed by atoms with Crippen molar-refractivity contribution in [2.45, 2.75) is 78.7 Å². The van der Waals surface area contributed by atoms with E-state index in [0.717, 1.165) is 19.3 Å². The number of Topliss-reactive ketones (excluding diaryl/α,β-unsaturated/α-hetero) is 1. The van der Waals surface area contributed by atoms with E-state index in [0.29, 0.717) is 6.42 Å². The molecule has 0 aliphatic carbocycles. The van der Waals surface area contributed by atoms with E-state index in [1.807, 2.05) is 20.8 Å². The molecule has 0 saturated heterocycles. The Kier molecular flexibility index (Phi) is 11.8. The highest BCUT2D eigenvalue weighted by atomic mass is 32.1. The molecule has 146 valence electrons. The molecule has 2 unspecified atom stereocenters. The number of carbonyl (C=O) groups excluding carboxylic acids is 3. The molecule has 5 nitrogen and oxygen atoms in total. The second kappa shape index (κ2) is 12.3. The van der Waals surface area contributed by atoms with Gasteiger partial charge in [-0.25, -0.2) is 0 Å². The minimum atomic E-state index is -0.626. The van der Waals surface area contributed by atoms with Gasteiger partial charge in [-0.2, -0.15) is 12.6 Å². The smallest absolute Gasteiger partial charge is 0.242 e. The second-order valence-electron chi connectivity index (χ2n) is 7.72. The Bertz CT molecular complexity index is 433. The van der Waals surface area contributed by atoms with Crippen LogP contribution in [0.2, 0.25) is 0 Å². The van der Waals surface area contributed by atoms with Crippen molar-refractivity contribution in [1.29, 1.82) is 0 Å². The van der Waals surface area contributed by atoms with Crippen molar-refractivity contribution in [3.63, 3.8) is 0 Å². The van der Waals surface area contributed by atoms with E-state index in [4.69, 9.17) is 0 Å². The molecular formula is C19H36N2O3S. The number of rotatable bonds is 12. The second-order valence-corrected chi connectivity index (χ2v) is 8.04. The predicted octanol–water partition coefficient (Wildman–Crippen LogP) is 3.13. The first-order valence-corrected chi connectivity index (χ1v) is 9.95. The molecule has 0 spiro atoms. The molecule has 0 radical (unpaired) electrons. The quantitative estimate of drug-likeness (QED) is 0.364. The lowest BCUT2D eigenvalue weighted by Gasteiger charge is -2.31. The summed E-state index contributed by atoms with van der Waals surface area (Å²) in [7, 11) is 1.56. The molecule has 0 rings (SSSR count). The number of hydrogen-bond donors (Lipinski definition) is 3. The van der Waals surface area contributed by atoms with Crippen LogP contribution in [0.3, 0.4) is 0 Å². The molecule has 2 amide bonds. The number of likely N-dealkylation sites (N-methyl/N-ethyl adjacent to an activating group) is 1. The standard InChI is InChI=1S/C19H36N2O3S/c1-6-7-8-9-10-11-14(12-15(22)13-25)17(23)21-16(18(24)20-5)19(2,3)4/h14,16,25H,6-13H2,1-5H3,(H,20,24)(H,21,23). The Morgan fingerprint density at radius 1 is 1.00 bits per heavy atom. The fourth-order valence-corrected chi connectivity index (χ4v) is 2.87. The highest BCUT2D eigenvalue weighted by Gasteiger charge is 2.34. The molecule has 0 fully saturated rings. The van der Waals surface area contributed by atoms with Crippen LogP contribution in [-0.4, -0.2) is 36.4 Å². The van der Waals surface area contributed by atoms with Crippen molar-refractivity contribution in [1.82, 2.24) is 10.6 Å². The van der Waals surface area contributed by atoms with Gasteiger partial charge in [-0.1, -0.05) is 59.8 Å². The van der Waals surface area contributed by atoms with Gasteiger partial charge in [0.25, 0.3) is 0 Å². The fourth-order valence-electron chi connectivity index (χ4n) is 2.74. The van der Waals surface area contributed by atoms with Crippen molar-refractivity contribution in [3.05, 3.63) is 0 Å². The summed E-state index contributed by atoms with van der Waals surface area (Å²) < 4.78 is 0. The molecule has 0 aromatic rings. The normalized spacial score (nSPS) is 13.8. The zero-order valence-corrected chi connectivity index (χ0v) is 17.4. The minimum Gasteiger partial charge on any atom is -0.357 e. The van der Waals surface area contributed by atoms with Crippen molar-refractivity contribution in [2.24, 2.45) is 11.3 Å². The lowest BCUT2D eigenvalue weighted by molar-refractivity contribution is -0.134. The summed E-state index contributed by atoms with van der Waals surface area (Å²) in [5, 5.41) is 5.46. The Hall–Kier alpha value is -1.04. The molecule has 2 N–H and O–H groups in total. The van der Waals surface area contributed by atoms with Crippen LogP contribution in [0, 0.1) is 11.3 Å².